The lowest BCUT2D eigenvalue weighted by Gasteiger charge is -2.17. The van der Waals surface area contributed by atoms with E-state index >= 15 is 0 Å². The Bertz CT molecular complexity index is 1050. The van der Waals surface area contributed by atoms with Gasteiger partial charge in [-0.3, -0.25) is 9.63 Å². The number of hydrogen-bond donors (Lipinski definition) is 1. The van der Waals surface area contributed by atoms with E-state index in [2.05, 4.69) is 5.32 Å². The van der Waals surface area contributed by atoms with Crippen LogP contribution in [-0.4, -0.2) is 54.3 Å². The molecule has 11 heteroatoms. The number of nitrogens with zero attached hydrogens (tertiary/aromatic N) is 2. The Morgan fingerprint density at radius 3 is 2.00 bits per heavy atom. The zero-order chi connectivity index (χ0) is 23.2. The Balaban J connectivity index is 2.29. The highest BCUT2D eigenvalue weighted by Crippen LogP contribution is 2.39. The summed E-state index contributed by atoms with van der Waals surface area (Å²) in [6.07, 6.45) is 0. The zero-order valence-electron chi connectivity index (χ0n) is 17.7. The minimum atomic E-state index is -3.84. The summed E-state index contributed by atoms with van der Waals surface area (Å²) in [4.78, 5) is 17.3. The van der Waals surface area contributed by atoms with Crippen molar-refractivity contribution in [2.45, 2.75) is 10.9 Å². The van der Waals surface area contributed by atoms with Crippen molar-refractivity contribution in [3.05, 3.63) is 47.5 Å². The molecule has 0 fully saturated rings. The Morgan fingerprint density at radius 1 is 1.03 bits per heavy atom. The Morgan fingerprint density at radius 2 is 1.58 bits per heavy atom. The van der Waals surface area contributed by atoms with Gasteiger partial charge in [0.1, 0.15) is 6.04 Å². The predicted molar refractivity (Wildman–Crippen MR) is 110 cm³/mol. The number of hydroxylamine groups is 1. The van der Waals surface area contributed by atoms with Crippen LogP contribution >= 0.6 is 0 Å². The highest BCUT2D eigenvalue weighted by atomic mass is 32.2. The highest BCUT2D eigenvalue weighted by molar-refractivity contribution is 7.89. The van der Waals surface area contributed by atoms with Gasteiger partial charge in [0.2, 0.25) is 5.75 Å². The second kappa shape index (κ2) is 10.1. The molecule has 0 aliphatic carbocycles. The van der Waals surface area contributed by atoms with Crippen molar-refractivity contribution in [2.24, 2.45) is 0 Å². The minimum absolute atomic E-state index is 0.0464. The highest BCUT2D eigenvalue weighted by Gasteiger charge is 2.23. The average Bonchev–Trinajstić information content (AvgIpc) is 2.80. The van der Waals surface area contributed by atoms with Gasteiger partial charge in [0.25, 0.3) is 15.9 Å². The van der Waals surface area contributed by atoms with Crippen LogP contribution in [0.3, 0.4) is 0 Å². The van der Waals surface area contributed by atoms with E-state index < -0.39 is 22.0 Å². The number of carbonyl (C=O) groups excluding carboxylic acids is 1. The van der Waals surface area contributed by atoms with Crippen LogP contribution in [0.2, 0.25) is 0 Å². The van der Waals surface area contributed by atoms with Crippen molar-refractivity contribution in [3.8, 4) is 23.3 Å². The molecule has 0 aliphatic heterocycles. The number of methoxy groups -OCH3 is 3. The van der Waals surface area contributed by atoms with Crippen LogP contribution in [-0.2, 0) is 14.9 Å². The van der Waals surface area contributed by atoms with E-state index in [0.717, 1.165) is 0 Å². The van der Waals surface area contributed by atoms with Gasteiger partial charge in [-0.1, -0.05) is 4.47 Å². The quantitative estimate of drug-likeness (QED) is 0.575. The first-order valence-electron chi connectivity index (χ1n) is 8.87. The van der Waals surface area contributed by atoms with E-state index in [9.17, 15) is 18.5 Å². The van der Waals surface area contributed by atoms with Gasteiger partial charge in [0, 0.05) is 12.6 Å². The van der Waals surface area contributed by atoms with Gasteiger partial charge < -0.3 is 19.5 Å². The van der Waals surface area contributed by atoms with Gasteiger partial charge in [-0.2, -0.15) is 5.26 Å². The van der Waals surface area contributed by atoms with Crippen molar-refractivity contribution < 1.29 is 32.3 Å². The third-order valence-electron chi connectivity index (χ3n) is 4.43. The topological polar surface area (TPSA) is 127 Å². The van der Waals surface area contributed by atoms with Gasteiger partial charge in [-0.05, 0) is 42.0 Å². The van der Waals surface area contributed by atoms with Crippen molar-refractivity contribution >= 4 is 15.9 Å². The molecule has 10 nitrogen and oxygen atoms in total. The van der Waals surface area contributed by atoms with Crippen LogP contribution in [0.25, 0.3) is 0 Å². The summed E-state index contributed by atoms with van der Waals surface area (Å²) in [5.41, 5.74) is 0.595. The molecule has 2 aromatic rings. The molecule has 31 heavy (non-hydrogen) atoms. The van der Waals surface area contributed by atoms with Crippen LogP contribution in [0.4, 0.5) is 0 Å². The normalized spacial score (nSPS) is 12.0. The number of amides is 1. The lowest BCUT2D eigenvalue weighted by Crippen LogP contribution is -2.28. The van der Waals surface area contributed by atoms with Crippen molar-refractivity contribution in [1.82, 2.24) is 9.79 Å². The fourth-order valence-corrected chi connectivity index (χ4v) is 3.67. The number of hydrogen-bond acceptors (Lipinski definition) is 8. The molecule has 1 unspecified atom stereocenters. The maximum Gasteiger partial charge on any atom is 0.264 e. The van der Waals surface area contributed by atoms with Crippen LogP contribution in [0.15, 0.2) is 41.3 Å². The smallest absolute Gasteiger partial charge is 0.264 e. The first-order chi connectivity index (χ1) is 14.7. The lowest BCUT2D eigenvalue weighted by molar-refractivity contribution is -0.0258. The standard InChI is InChI=1S/C20H23N3O7S/c1-23(30-5)31(25,26)15-8-6-13(7-9-15)20(24)22-16(12-21)14-10-17(27-2)19(29-4)18(11-14)28-3/h6-11,16H,1-5H3,(H,22,24). The molecule has 2 aromatic carbocycles. The molecule has 0 spiro atoms. The van der Waals surface area contributed by atoms with Crippen molar-refractivity contribution in [1.29, 1.82) is 5.26 Å². The van der Waals surface area contributed by atoms with Crippen molar-refractivity contribution in [2.75, 3.05) is 35.5 Å². The van der Waals surface area contributed by atoms with Gasteiger partial charge in [-0.15, -0.1) is 0 Å². The monoisotopic (exact) mass is 449 g/mol. The molecule has 0 heterocycles. The Hall–Kier alpha value is -3.33. The molecule has 0 saturated carbocycles. The molecule has 166 valence electrons. The summed E-state index contributed by atoms with van der Waals surface area (Å²) < 4.78 is 41.0. The molecule has 1 atom stereocenters. The van der Waals surface area contributed by atoms with E-state index in [1.54, 1.807) is 12.1 Å². The largest absolute Gasteiger partial charge is 0.493 e. The summed E-state index contributed by atoms with van der Waals surface area (Å²) in [6, 6.07) is 9.35. The Labute approximate surface area is 180 Å². The molecule has 0 radical (unpaired) electrons. The summed E-state index contributed by atoms with van der Waals surface area (Å²) in [5.74, 6) is 0.463. The lowest BCUT2D eigenvalue weighted by atomic mass is 10.1. The summed E-state index contributed by atoms with van der Waals surface area (Å²) in [7, 11) is 2.99. The Kier molecular flexibility index (Phi) is 7.82. The zero-order valence-corrected chi connectivity index (χ0v) is 18.5. The van der Waals surface area contributed by atoms with E-state index in [-0.39, 0.29) is 10.5 Å². The number of ether oxygens (including phenoxy) is 3. The molecule has 2 rings (SSSR count). The summed E-state index contributed by atoms with van der Waals surface area (Å²) in [5, 5.41) is 12.2. The molecule has 1 N–H and O–H groups in total. The first-order valence-corrected chi connectivity index (χ1v) is 10.3. The number of sulfonamides is 1. The third-order valence-corrected chi connectivity index (χ3v) is 6.13. The van der Waals surface area contributed by atoms with Crippen LogP contribution < -0.4 is 19.5 Å². The molecule has 0 aliphatic rings. The molecule has 0 bridgehead atoms. The van der Waals surface area contributed by atoms with Crippen LogP contribution in [0.1, 0.15) is 22.0 Å². The van der Waals surface area contributed by atoms with Gasteiger partial charge in [0.05, 0.1) is 39.4 Å². The van der Waals surface area contributed by atoms with E-state index in [0.29, 0.717) is 27.3 Å². The molecule has 1 amide bonds. The number of carbonyl (C=O) groups is 1. The van der Waals surface area contributed by atoms with Gasteiger partial charge >= 0.3 is 0 Å². The predicted octanol–water partition coefficient (Wildman–Crippen LogP) is 1.89. The fourth-order valence-electron chi connectivity index (χ4n) is 2.70. The van der Waals surface area contributed by atoms with Gasteiger partial charge in [-0.25, -0.2) is 8.42 Å². The fraction of sp³-hybridized carbons (Fsp3) is 0.300. The maximum atomic E-state index is 12.6. The second-order valence-corrected chi connectivity index (χ2v) is 8.05. The number of rotatable bonds is 9. The molecular formula is C20H23N3O7S. The number of benzene rings is 2. The molecule has 0 saturated heterocycles. The minimum Gasteiger partial charge on any atom is -0.493 e. The number of nitriles is 1. The molecule has 0 aromatic heterocycles. The summed E-state index contributed by atoms with van der Waals surface area (Å²) in [6.45, 7) is 0. The summed E-state index contributed by atoms with van der Waals surface area (Å²) >= 11 is 0. The van der Waals surface area contributed by atoms with Crippen LogP contribution in [0.5, 0.6) is 17.2 Å². The third kappa shape index (κ3) is 5.05. The van der Waals surface area contributed by atoms with E-state index in [1.165, 1.54) is 59.8 Å². The maximum absolute atomic E-state index is 12.6. The average molecular weight is 449 g/mol. The molecular weight excluding hydrogens is 426 g/mol. The van der Waals surface area contributed by atoms with Gasteiger partial charge in [0.15, 0.2) is 11.5 Å². The SMILES string of the molecule is COc1cc(C(C#N)NC(=O)c2ccc(S(=O)(=O)N(C)OC)cc2)cc(OC)c1OC. The van der Waals surface area contributed by atoms with Crippen molar-refractivity contribution in [3.63, 3.8) is 0 Å². The van der Waals surface area contributed by atoms with E-state index in [1.807, 2.05) is 6.07 Å². The van der Waals surface area contributed by atoms with E-state index in [4.69, 9.17) is 19.0 Å². The first kappa shape index (κ1) is 23.9. The second-order valence-electron chi connectivity index (χ2n) is 6.12. The number of nitrogens with one attached hydrogen (secondary N) is 1. The van der Waals surface area contributed by atoms with Crippen LogP contribution in [0, 0.1) is 11.3 Å².